The zero-order valence-electron chi connectivity index (χ0n) is 16.7. The van der Waals surface area contributed by atoms with E-state index < -0.39 is 23.6 Å². The van der Waals surface area contributed by atoms with Crippen LogP contribution in [0.15, 0.2) is 65.9 Å². The Morgan fingerprint density at radius 2 is 1.73 bits per heavy atom. The lowest BCUT2D eigenvalue weighted by atomic mass is 9.83. The average Bonchev–Trinajstić information content (AvgIpc) is 2.71. The third-order valence-corrected chi connectivity index (χ3v) is 5.14. The Morgan fingerprint density at radius 3 is 2.30 bits per heavy atom. The van der Waals surface area contributed by atoms with Gasteiger partial charge in [0.05, 0.1) is 24.3 Å². The molecule has 2 aromatic rings. The molecule has 1 atom stereocenters. The number of allylic oxidation sites excluding steroid dienone is 1. The summed E-state index contributed by atoms with van der Waals surface area (Å²) in [5.41, 5.74) is 1.35. The predicted octanol–water partition coefficient (Wildman–Crippen LogP) is 5.06. The summed E-state index contributed by atoms with van der Waals surface area (Å²) in [5, 5.41) is 0. The molecule has 0 spiro atoms. The quantitative estimate of drug-likeness (QED) is 0.639. The largest absolute Gasteiger partial charge is 0.463 e. The number of benzene rings is 2. The van der Waals surface area contributed by atoms with Crippen molar-refractivity contribution in [2.75, 3.05) is 6.61 Å². The van der Waals surface area contributed by atoms with Gasteiger partial charge in [-0.05, 0) is 37.1 Å². The SMILES string of the molecule is CCOC(=O)C1=C(C)N(Cc2ccccc2)C(=O)C[C@@H]1c1ccc(C(F)(F)F)cc1. The van der Waals surface area contributed by atoms with Crippen molar-refractivity contribution < 1.29 is 27.5 Å². The molecule has 1 amide bonds. The lowest BCUT2D eigenvalue weighted by molar-refractivity contribution is -0.140. The minimum atomic E-state index is -4.46. The molecule has 4 nitrogen and oxygen atoms in total. The first-order valence-corrected chi connectivity index (χ1v) is 9.61. The highest BCUT2D eigenvalue weighted by atomic mass is 19.4. The van der Waals surface area contributed by atoms with E-state index >= 15 is 0 Å². The van der Waals surface area contributed by atoms with E-state index in [2.05, 4.69) is 0 Å². The highest BCUT2D eigenvalue weighted by Gasteiger charge is 2.37. The number of ether oxygens (including phenoxy) is 1. The normalized spacial score (nSPS) is 17.3. The Morgan fingerprint density at radius 1 is 1.10 bits per heavy atom. The highest BCUT2D eigenvalue weighted by molar-refractivity contribution is 5.95. The summed E-state index contributed by atoms with van der Waals surface area (Å²) in [7, 11) is 0. The summed E-state index contributed by atoms with van der Waals surface area (Å²) in [6, 6.07) is 13.9. The van der Waals surface area contributed by atoms with Crippen LogP contribution in [-0.4, -0.2) is 23.4 Å². The molecule has 7 heteroatoms. The smallest absolute Gasteiger partial charge is 0.416 e. The van der Waals surface area contributed by atoms with Crippen LogP contribution in [0.2, 0.25) is 0 Å². The average molecular weight is 417 g/mol. The van der Waals surface area contributed by atoms with Gasteiger partial charge in [0.25, 0.3) is 0 Å². The van der Waals surface area contributed by atoms with Crippen molar-refractivity contribution in [3.63, 3.8) is 0 Å². The first-order chi connectivity index (χ1) is 14.2. The highest BCUT2D eigenvalue weighted by Crippen LogP contribution is 2.39. The van der Waals surface area contributed by atoms with Gasteiger partial charge >= 0.3 is 12.1 Å². The number of nitrogens with zero attached hydrogens (tertiary/aromatic N) is 1. The molecular formula is C23H22F3NO3. The second kappa shape index (κ2) is 8.73. The molecule has 0 fully saturated rings. The summed E-state index contributed by atoms with van der Waals surface area (Å²) >= 11 is 0. The minimum Gasteiger partial charge on any atom is -0.463 e. The molecule has 0 radical (unpaired) electrons. The van der Waals surface area contributed by atoms with Crippen molar-refractivity contribution in [3.05, 3.63) is 82.6 Å². The van der Waals surface area contributed by atoms with Crippen LogP contribution in [0.25, 0.3) is 0 Å². The van der Waals surface area contributed by atoms with E-state index in [-0.39, 0.29) is 18.9 Å². The van der Waals surface area contributed by atoms with Gasteiger partial charge in [-0.2, -0.15) is 13.2 Å². The van der Waals surface area contributed by atoms with E-state index in [1.54, 1.807) is 13.8 Å². The summed E-state index contributed by atoms with van der Waals surface area (Å²) in [6.07, 6.45) is -4.48. The van der Waals surface area contributed by atoms with Crippen molar-refractivity contribution >= 4 is 11.9 Å². The third-order valence-electron chi connectivity index (χ3n) is 5.14. The van der Waals surface area contributed by atoms with E-state index in [1.807, 2.05) is 30.3 Å². The van der Waals surface area contributed by atoms with Crippen LogP contribution in [0.5, 0.6) is 0 Å². The standard InChI is InChI=1S/C23H22F3NO3/c1-3-30-22(29)21-15(2)27(14-16-7-5-4-6-8-16)20(28)13-19(21)17-9-11-18(12-10-17)23(24,25)26/h4-12,19H,3,13-14H2,1-2H3/t19-/m1/s1. The lowest BCUT2D eigenvalue weighted by Gasteiger charge is -2.34. The fourth-order valence-corrected chi connectivity index (χ4v) is 3.63. The van der Waals surface area contributed by atoms with Gasteiger partial charge in [-0.3, -0.25) is 4.79 Å². The zero-order valence-corrected chi connectivity index (χ0v) is 16.7. The van der Waals surface area contributed by atoms with Crippen LogP contribution in [0.3, 0.4) is 0 Å². The number of esters is 1. The Labute approximate surface area is 173 Å². The molecule has 3 rings (SSSR count). The van der Waals surface area contributed by atoms with Crippen LogP contribution in [0, 0.1) is 0 Å². The van der Waals surface area contributed by atoms with E-state index in [1.165, 1.54) is 17.0 Å². The number of rotatable bonds is 5. The molecule has 0 aliphatic carbocycles. The van der Waals surface area contributed by atoms with Crippen molar-refractivity contribution in [2.45, 2.75) is 38.9 Å². The summed E-state index contributed by atoms with van der Waals surface area (Å²) in [6.45, 7) is 3.80. The van der Waals surface area contributed by atoms with Crippen LogP contribution in [0.4, 0.5) is 13.2 Å². The summed E-state index contributed by atoms with van der Waals surface area (Å²) in [4.78, 5) is 27.2. The third kappa shape index (κ3) is 4.56. The van der Waals surface area contributed by atoms with Crippen LogP contribution in [-0.2, 0) is 27.0 Å². The molecule has 0 saturated carbocycles. The number of hydrogen-bond donors (Lipinski definition) is 0. The van der Waals surface area contributed by atoms with Crippen molar-refractivity contribution in [3.8, 4) is 0 Å². The first-order valence-electron chi connectivity index (χ1n) is 9.61. The number of alkyl halides is 3. The molecule has 0 saturated heterocycles. The van der Waals surface area contributed by atoms with Gasteiger partial charge in [-0.15, -0.1) is 0 Å². The first kappa shape index (κ1) is 21.6. The monoisotopic (exact) mass is 417 g/mol. The van der Waals surface area contributed by atoms with Gasteiger partial charge in [0.1, 0.15) is 0 Å². The Balaban J connectivity index is 2.00. The van der Waals surface area contributed by atoms with Crippen molar-refractivity contribution in [1.29, 1.82) is 0 Å². The fourth-order valence-electron chi connectivity index (χ4n) is 3.63. The molecule has 1 aliphatic rings. The van der Waals surface area contributed by atoms with Gasteiger partial charge in [0, 0.05) is 18.0 Å². The van der Waals surface area contributed by atoms with Crippen LogP contribution < -0.4 is 0 Å². The van der Waals surface area contributed by atoms with Gasteiger partial charge in [0.15, 0.2) is 0 Å². The maximum Gasteiger partial charge on any atom is 0.416 e. The van der Waals surface area contributed by atoms with Crippen LogP contribution >= 0.6 is 0 Å². The molecule has 2 aromatic carbocycles. The van der Waals surface area contributed by atoms with E-state index in [9.17, 15) is 22.8 Å². The fraction of sp³-hybridized carbons (Fsp3) is 0.304. The second-order valence-corrected chi connectivity index (χ2v) is 7.06. The molecule has 158 valence electrons. The molecule has 30 heavy (non-hydrogen) atoms. The number of halogens is 3. The zero-order chi connectivity index (χ0) is 21.9. The predicted molar refractivity (Wildman–Crippen MR) is 105 cm³/mol. The Hall–Kier alpha value is -3.09. The minimum absolute atomic E-state index is 0.0241. The van der Waals surface area contributed by atoms with Crippen molar-refractivity contribution in [1.82, 2.24) is 4.90 Å². The molecule has 0 N–H and O–H groups in total. The molecule has 0 unspecified atom stereocenters. The molecule has 0 aromatic heterocycles. The van der Waals surface area contributed by atoms with E-state index in [0.717, 1.165) is 17.7 Å². The maximum atomic E-state index is 12.9. The maximum absolute atomic E-state index is 12.9. The topological polar surface area (TPSA) is 46.6 Å². The number of carbonyl (C=O) groups excluding carboxylic acids is 2. The van der Waals surface area contributed by atoms with Gasteiger partial charge < -0.3 is 9.64 Å². The van der Waals surface area contributed by atoms with Gasteiger partial charge in [0.2, 0.25) is 5.91 Å². The number of amides is 1. The summed E-state index contributed by atoms with van der Waals surface area (Å²) < 4.78 is 43.9. The summed E-state index contributed by atoms with van der Waals surface area (Å²) in [5.74, 6) is -1.43. The Bertz CT molecular complexity index is 950. The van der Waals surface area contributed by atoms with Gasteiger partial charge in [-0.1, -0.05) is 42.5 Å². The van der Waals surface area contributed by atoms with E-state index in [0.29, 0.717) is 23.4 Å². The van der Waals surface area contributed by atoms with E-state index in [4.69, 9.17) is 4.74 Å². The van der Waals surface area contributed by atoms with Gasteiger partial charge in [-0.25, -0.2) is 4.79 Å². The molecule has 1 aliphatic heterocycles. The van der Waals surface area contributed by atoms with Crippen molar-refractivity contribution in [2.24, 2.45) is 0 Å². The molecule has 0 bridgehead atoms. The molecule has 1 heterocycles. The molecular weight excluding hydrogens is 395 g/mol. The number of hydrogen-bond acceptors (Lipinski definition) is 3. The lowest BCUT2D eigenvalue weighted by Crippen LogP contribution is -2.38. The number of carbonyl (C=O) groups is 2. The second-order valence-electron chi connectivity index (χ2n) is 7.06. The Kier molecular flexibility index (Phi) is 6.29. The van der Waals surface area contributed by atoms with Crippen LogP contribution in [0.1, 0.15) is 42.9 Å².